The molecule has 5 heteroatoms. The van der Waals surface area contributed by atoms with Crippen molar-refractivity contribution >= 4 is 11.6 Å². The van der Waals surface area contributed by atoms with Gasteiger partial charge in [0, 0.05) is 11.6 Å². The van der Waals surface area contributed by atoms with E-state index in [1.54, 1.807) is 0 Å². The molecule has 0 amide bonds. The van der Waals surface area contributed by atoms with Crippen LogP contribution in [0.1, 0.15) is 5.76 Å². The molecular formula is C10H7ClFNO2. The molecular weight excluding hydrogens is 221 g/mol. The fourth-order valence-corrected chi connectivity index (χ4v) is 1.42. The highest BCUT2D eigenvalue weighted by molar-refractivity contribution is 6.33. The summed E-state index contributed by atoms with van der Waals surface area (Å²) in [6, 6.07) is 5.49. The summed E-state index contributed by atoms with van der Waals surface area (Å²) in [6.45, 7) is -0.250. The summed E-state index contributed by atoms with van der Waals surface area (Å²) in [5, 5.41) is 12.8. The second-order valence-corrected chi connectivity index (χ2v) is 3.37. The Balaban J connectivity index is 2.48. The van der Waals surface area contributed by atoms with Crippen LogP contribution in [0.4, 0.5) is 4.39 Å². The predicted molar refractivity (Wildman–Crippen MR) is 52.8 cm³/mol. The van der Waals surface area contributed by atoms with Crippen LogP contribution in [-0.2, 0) is 6.61 Å². The lowest BCUT2D eigenvalue weighted by Gasteiger charge is -1.98. The van der Waals surface area contributed by atoms with Crippen LogP contribution < -0.4 is 0 Å². The topological polar surface area (TPSA) is 46.3 Å². The van der Waals surface area contributed by atoms with Crippen molar-refractivity contribution in [3.8, 4) is 11.3 Å². The van der Waals surface area contributed by atoms with Crippen molar-refractivity contribution in [3.63, 3.8) is 0 Å². The number of aliphatic hydroxyl groups excluding tert-OH is 1. The molecule has 1 aromatic carbocycles. The molecule has 0 saturated carbocycles. The predicted octanol–water partition coefficient (Wildman–Crippen LogP) is 2.63. The number of rotatable bonds is 2. The number of aromatic nitrogens is 1. The van der Waals surface area contributed by atoms with E-state index in [-0.39, 0.29) is 6.61 Å². The molecule has 0 aliphatic carbocycles. The minimum absolute atomic E-state index is 0.250. The van der Waals surface area contributed by atoms with Gasteiger partial charge in [-0.2, -0.15) is 0 Å². The molecule has 0 unspecified atom stereocenters. The molecule has 0 spiro atoms. The van der Waals surface area contributed by atoms with Crippen molar-refractivity contribution in [2.75, 3.05) is 0 Å². The summed E-state index contributed by atoms with van der Waals surface area (Å²) < 4.78 is 17.7. The van der Waals surface area contributed by atoms with Gasteiger partial charge in [0.1, 0.15) is 18.1 Å². The summed E-state index contributed by atoms with van der Waals surface area (Å²) in [7, 11) is 0. The van der Waals surface area contributed by atoms with Crippen molar-refractivity contribution in [3.05, 3.63) is 40.9 Å². The molecule has 78 valence electrons. The highest BCUT2D eigenvalue weighted by atomic mass is 35.5. The van der Waals surface area contributed by atoms with Gasteiger partial charge in [-0.25, -0.2) is 4.39 Å². The number of benzene rings is 1. The van der Waals surface area contributed by atoms with E-state index in [0.29, 0.717) is 22.0 Å². The number of aliphatic hydroxyl groups is 1. The lowest BCUT2D eigenvalue weighted by molar-refractivity contribution is 0.229. The molecule has 2 rings (SSSR count). The molecule has 0 aliphatic heterocycles. The van der Waals surface area contributed by atoms with E-state index in [4.69, 9.17) is 21.2 Å². The molecule has 1 heterocycles. The molecule has 1 aromatic heterocycles. The largest absolute Gasteiger partial charge is 0.388 e. The summed E-state index contributed by atoms with van der Waals surface area (Å²) in [4.78, 5) is 0. The zero-order chi connectivity index (χ0) is 10.8. The third kappa shape index (κ3) is 2.00. The maximum Gasteiger partial charge on any atom is 0.162 e. The summed E-state index contributed by atoms with van der Waals surface area (Å²) in [5.41, 5.74) is 0.851. The molecule has 0 radical (unpaired) electrons. The van der Waals surface area contributed by atoms with E-state index >= 15 is 0 Å². The van der Waals surface area contributed by atoms with E-state index in [1.807, 2.05) is 0 Å². The van der Waals surface area contributed by atoms with E-state index in [0.717, 1.165) is 0 Å². The number of hydrogen-bond acceptors (Lipinski definition) is 3. The van der Waals surface area contributed by atoms with Crippen molar-refractivity contribution in [2.45, 2.75) is 6.61 Å². The maximum atomic E-state index is 13.0. The summed E-state index contributed by atoms with van der Waals surface area (Å²) >= 11 is 5.87. The molecule has 3 nitrogen and oxygen atoms in total. The standard InChI is InChI=1S/C10H7ClFNO2/c11-9-2-1-6(12)3-8(9)10-4-7(5-14)15-13-10/h1-4,14H,5H2. The molecule has 0 bridgehead atoms. The number of hydrogen-bond donors (Lipinski definition) is 1. The van der Waals surface area contributed by atoms with E-state index in [9.17, 15) is 4.39 Å². The monoisotopic (exact) mass is 227 g/mol. The molecule has 1 N–H and O–H groups in total. The highest BCUT2D eigenvalue weighted by Crippen LogP contribution is 2.28. The zero-order valence-electron chi connectivity index (χ0n) is 7.58. The Labute approximate surface area is 90.1 Å². The fraction of sp³-hybridized carbons (Fsp3) is 0.100. The fourth-order valence-electron chi connectivity index (χ4n) is 1.21. The average molecular weight is 228 g/mol. The second-order valence-electron chi connectivity index (χ2n) is 2.96. The Morgan fingerprint density at radius 1 is 1.40 bits per heavy atom. The third-order valence-electron chi connectivity index (χ3n) is 1.92. The summed E-state index contributed by atoms with van der Waals surface area (Å²) in [6.07, 6.45) is 0. The van der Waals surface area contributed by atoms with Crippen molar-refractivity contribution in [2.24, 2.45) is 0 Å². The average Bonchev–Trinajstić information content (AvgIpc) is 2.70. The van der Waals surface area contributed by atoms with Gasteiger partial charge in [0.2, 0.25) is 0 Å². The molecule has 0 aliphatic rings. The van der Waals surface area contributed by atoms with Crippen molar-refractivity contribution < 1.29 is 14.0 Å². The quantitative estimate of drug-likeness (QED) is 0.858. The first-order valence-corrected chi connectivity index (χ1v) is 4.60. The first-order valence-electron chi connectivity index (χ1n) is 4.22. The SMILES string of the molecule is OCc1cc(-c2cc(F)ccc2Cl)no1. The highest BCUT2D eigenvalue weighted by Gasteiger charge is 2.10. The lowest BCUT2D eigenvalue weighted by atomic mass is 10.1. The molecule has 2 aromatic rings. The normalized spacial score (nSPS) is 10.6. The van der Waals surface area contributed by atoms with Gasteiger partial charge in [-0.15, -0.1) is 0 Å². The Morgan fingerprint density at radius 2 is 2.20 bits per heavy atom. The molecule has 0 saturated heterocycles. The van der Waals surface area contributed by atoms with Gasteiger partial charge < -0.3 is 9.63 Å². The molecule has 15 heavy (non-hydrogen) atoms. The Hall–Kier alpha value is -1.39. The van der Waals surface area contributed by atoms with Crippen molar-refractivity contribution in [1.29, 1.82) is 0 Å². The molecule has 0 atom stereocenters. The van der Waals surface area contributed by atoms with Crippen LogP contribution in [-0.4, -0.2) is 10.3 Å². The summed E-state index contributed by atoms with van der Waals surface area (Å²) in [5.74, 6) is -0.0896. The van der Waals surface area contributed by atoms with Crippen molar-refractivity contribution in [1.82, 2.24) is 5.16 Å². The number of nitrogens with zero attached hydrogens (tertiary/aromatic N) is 1. The van der Waals surface area contributed by atoms with Crippen LogP contribution in [0.25, 0.3) is 11.3 Å². The minimum Gasteiger partial charge on any atom is -0.388 e. The van der Waals surface area contributed by atoms with Gasteiger partial charge >= 0.3 is 0 Å². The van der Waals surface area contributed by atoms with Crippen LogP contribution in [0.3, 0.4) is 0 Å². The van der Waals surface area contributed by atoms with E-state index in [2.05, 4.69) is 5.16 Å². The van der Waals surface area contributed by atoms with Crippen LogP contribution in [0.5, 0.6) is 0 Å². The van der Waals surface area contributed by atoms with Gasteiger partial charge in [0.05, 0.1) is 5.02 Å². The zero-order valence-corrected chi connectivity index (χ0v) is 8.33. The first-order chi connectivity index (χ1) is 7.20. The Kier molecular flexibility index (Phi) is 2.70. The maximum absolute atomic E-state index is 13.0. The smallest absolute Gasteiger partial charge is 0.162 e. The number of halogens is 2. The van der Waals surface area contributed by atoms with E-state index < -0.39 is 5.82 Å². The van der Waals surface area contributed by atoms with Crippen LogP contribution in [0.2, 0.25) is 5.02 Å². The van der Waals surface area contributed by atoms with Gasteiger partial charge in [-0.1, -0.05) is 16.8 Å². The van der Waals surface area contributed by atoms with Gasteiger partial charge in [0.15, 0.2) is 5.76 Å². The van der Waals surface area contributed by atoms with Crippen LogP contribution in [0.15, 0.2) is 28.8 Å². The van der Waals surface area contributed by atoms with Crippen LogP contribution in [0, 0.1) is 5.82 Å². The van der Waals surface area contributed by atoms with E-state index in [1.165, 1.54) is 24.3 Å². The van der Waals surface area contributed by atoms with Gasteiger partial charge in [-0.3, -0.25) is 0 Å². The second kappa shape index (κ2) is 4.00. The Morgan fingerprint density at radius 3 is 2.87 bits per heavy atom. The molecule has 0 fully saturated rings. The van der Waals surface area contributed by atoms with Gasteiger partial charge in [0.25, 0.3) is 0 Å². The minimum atomic E-state index is -0.400. The van der Waals surface area contributed by atoms with Gasteiger partial charge in [-0.05, 0) is 18.2 Å². The van der Waals surface area contributed by atoms with Crippen LogP contribution >= 0.6 is 11.6 Å². The lowest BCUT2D eigenvalue weighted by Crippen LogP contribution is -1.81. The first kappa shape index (κ1) is 10.1. The Bertz CT molecular complexity index is 484. The third-order valence-corrected chi connectivity index (χ3v) is 2.25.